The molecule has 2 rings (SSSR count). The largest absolute Gasteiger partial charge is 0.476 e. The van der Waals surface area contributed by atoms with Crippen LogP contribution in [0.25, 0.3) is 0 Å². The molecule has 102 valence electrons. The van der Waals surface area contributed by atoms with E-state index in [-0.39, 0.29) is 16.8 Å². The van der Waals surface area contributed by atoms with Crippen LogP contribution < -0.4 is 10.6 Å². The number of amides is 2. The summed E-state index contributed by atoms with van der Waals surface area (Å²) in [6.45, 7) is 1.71. The van der Waals surface area contributed by atoms with Crippen LogP contribution >= 0.6 is 23.1 Å². The number of hydrogen-bond donors (Lipinski definition) is 3. The summed E-state index contributed by atoms with van der Waals surface area (Å²) in [7, 11) is 0. The zero-order valence-corrected chi connectivity index (χ0v) is 11.5. The molecule has 2 amide bonds. The van der Waals surface area contributed by atoms with Gasteiger partial charge in [-0.1, -0.05) is 11.8 Å². The number of hydrogen-bond acceptors (Lipinski definition) is 6. The number of carboxylic acids is 1. The van der Waals surface area contributed by atoms with Gasteiger partial charge in [0.1, 0.15) is 11.0 Å². The highest BCUT2D eigenvalue weighted by Gasteiger charge is 2.29. The number of carbonyl (C=O) groups excluding carboxylic acids is 2. The smallest absolute Gasteiger partial charge is 0.355 e. The van der Waals surface area contributed by atoms with Crippen LogP contribution in [0, 0.1) is 0 Å². The average molecular weight is 301 g/mol. The van der Waals surface area contributed by atoms with Crippen LogP contribution in [0.5, 0.6) is 0 Å². The second-order valence-corrected chi connectivity index (χ2v) is 5.78. The Kier molecular flexibility index (Phi) is 4.05. The van der Waals surface area contributed by atoms with Crippen molar-refractivity contribution in [3.8, 4) is 0 Å². The number of rotatable bonds is 4. The van der Waals surface area contributed by atoms with Gasteiger partial charge in [0, 0.05) is 11.1 Å². The zero-order valence-electron chi connectivity index (χ0n) is 9.87. The molecule has 2 heterocycles. The zero-order chi connectivity index (χ0) is 14.0. The van der Waals surface area contributed by atoms with Crippen molar-refractivity contribution in [2.24, 2.45) is 0 Å². The van der Waals surface area contributed by atoms with Gasteiger partial charge in [0.2, 0.25) is 5.91 Å². The molecular weight excluding hydrogens is 290 g/mol. The Balaban J connectivity index is 1.96. The SMILES string of the molecule is CC(NC(=O)C1CSC(=O)N1)c1nc(C(=O)O)cs1. The molecule has 1 aliphatic heterocycles. The summed E-state index contributed by atoms with van der Waals surface area (Å²) in [5, 5.41) is 15.7. The van der Waals surface area contributed by atoms with E-state index in [2.05, 4.69) is 15.6 Å². The fraction of sp³-hybridized carbons (Fsp3) is 0.400. The van der Waals surface area contributed by atoms with Crippen molar-refractivity contribution in [2.75, 3.05) is 5.75 Å². The summed E-state index contributed by atoms with van der Waals surface area (Å²) in [5.74, 6) is -0.992. The highest BCUT2D eigenvalue weighted by atomic mass is 32.2. The standard InChI is InChI=1S/C10H11N3O4S2/c1-4(8-12-6(3-18-8)9(15)16)11-7(14)5-2-19-10(17)13-5/h3-5H,2H2,1H3,(H,11,14)(H,13,17)(H,15,16). The van der Waals surface area contributed by atoms with Crippen molar-refractivity contribution in [3.05, 3.63) is 16.1 Å². The van der Waals surface area contributed by atoms with E-state index in [0.717, 1.165) is 11.8 Å². The van der Waals surface area contributed by atoms with Crippen LogP contribution in [0.15, 0.2) is 5.38 Å². The molecule has 1 aromatic heterocycles. The van der Waals surface area contributed by atoms with Crippen LogP contribution in [-0.2, 0) is 4.79 Å². The molecule has 0 aromatic carbocycles. The maximum Gasteiger partial charge on any atom is 0.355 e. The monoisotopic (exact) mass is 301 g/mol. The Morgan fingerprint density at radius 1 is 1.63 bits per heavy atom. The summed E-state index contributed by atoms with van der Waals surface area (Å²) in [4.78, 5) is 37.5. The molecule has 7 nitrogen and oxygen atoms in total. The lowest BCUT2D eigenvalue weighted by atomic mass is 10.2. The molecule has 9 heteroatoms. The fourth-order valence-corrected chi connectivity index (χ4v) is 3.06. The topological polar surface area (TPSA) is 108 Å². The minimum atomic E-state index is -1.10. The van der Waals surface area contributed by atoms with Gasteiger partial charge >= 0.3 is 5.97 Å². The van der Waals surface area contributed by atoms with Gasteiger partial charge in [-0.2, -0.15) is 0 Å². The first kappa shape index (κ1) is 13.8. The molecule has 3 N–H and O–H groups in total. The molecule has 1 aromatic rings. The van der Waals surface area contributed by atoms with Gasteiger partial charge in [-0.15, -0.1) is 11.3 Å². The van der Waals surface area contributed by atoms with Crippen molar-refractivity contribution in [1.29, 1.82) is 0 Å². The Morgan fingerprint density at radius 2 is 2.37 bits per heavy atom. The first-order valence-electron chi connectivity index (χ1n) is 5.39. The fourth-order valence-electron chi connectivity index (χ4n) is 1.49. The third kappa shape index (κ3) is 3.24. The lowest BCUT2D eigenvalue weighted by Crippen LogP contribution is -2.43. The van der Waals surface area contributed by atoms with E-state index in [0.29, 0.717) is 10.8 Å². The van der Waals surface area contributed by atoms with Gasteiger partial charge < -0.3 is 15.7 Å². The van der Waals surface area contributed by atoms with Gasteiger partial charge in [0.15, 0.2) is 5.69 Å². The van der Waals surface area contributed by atoms with E-state index in [1.165, 1.54) is 16.7 Å². The number of thioether (sulfide) groups is 1. The van der Waals surface area contributed by atoms with E-state index in [1.54, 1.807) is 6.92 Å². The van der Waals surface area contributed by atoms with Crippen LogP contribution in [0.4, 0.5) is 4.79 Å². The van der Waals surface area contributed by atoms with Gasteiger partial charge in [-0.3, -0.25) is 9.59 Å². The average Bonchev–Trinajstić information content (AvgIpc) is 2.96. The molecule has 0 bridgehead atoms. The second kappa shape index (κ2) is 5.57. The van der Waals surface area contributed by atoms with E-state index in [9.17, 15) is 14.4 Å². The summed E-state index contributed by atoms with van der Waals surface area (Å²) >= 11 is 2.23. The second-order valence-electron chi connectivity index (χ2n) is 3.90. The molecule has 0 radical (unpaired) electrons. The molecule has 0 aliphatic carbocycles. The number of nitrogens with one attached hydrogen (secondary N) is 2. The third-order valence-electron chi connectivity index (χ3n) is 2.46. The molecule has 1 saturated heterocycles. The first-order chi connectivity index (χ1) is 8.97. The van der Waals surface area contributed by atoms with Gasteiger partial charge in [-0.25, -0.2) is 9.78 Å². The summed E-state index contributed by atoms with van der Waals surface area (Å²) in [6, 6.07) is -0.938. The van der Waals surface area contributed by atoms with Crippen molar-refractivity contribution in [3.63, 3.8) is 0 Å². The van der Waals surface area contributed by atoms with Crippen LogP contribution in [0.1, 0.15) is 28.5 Å². The van der Waals surface area contributed by atoms with E-state index < -0.39 is 18.1 Å². The Hall–Kier alpha value is -1.61. The van der Waals surface area contributed by atoms with Gasteiger partial charge in [-0.05, 0) is 6.92 Å². The molecule has 2 unspecified atom stereocenters. The van der Waals surface area contributed by atoms with Crippen molar-refractivity contribution in [2.45, 2.75) is 19.0 Å². The van der Waals surface area contributed by atoms with Crippen molar-refractivity contribution >= 4 is 40.2 Å². The quantitative estimate of drug-likeness (QED) is 0.760. The van der Waals surface area contributed by atoms with Crippen LogP contribution in [0.3, 0.4) is 0 Å². The maximum absolute atomic E-state index is 11.8. The molecule has 1 fully saturated rings. The first-order valence-corrected chi connectivity index (χ1v) is 7.26. The lowest BCUT2D eigenvalue weighted by Gasteiger charge is -2.14. The van der Waals surface area contributed by atoms with E-state index in [4.69, 9.17) is 5.11 Å². The number of nitrogens with zero attached hydrogens (tertiary/aromatic N) is 1. The highest BCUT2D eigenvalue weighted by Crippen LogP contribution is 2.19. The van der Waals surface area contributed by atoms with Crippen molar-refractivity contribution in [1.82, 2.24) is 15.6 Å². The summed E-state index contributed by atoms with van der Waals surface area (Å²) in [5.41, 5.74) is -0.0363. The lowest BCUT2D eigenvalue weighted by molar-refractivity contribution is -0.122. The van der Waals surface area contributed by atoms with E-state index >= 15 is 0 Å². The van der Waals surface area contributed by atoms with Crippen LogP contribution in [-0.4, -0.2) is 39.0 Å². The van der Waals surface area contributed by atoms with E-state index in [1.807, 2.05) is 0 Å². The maximum atomic E-state index is 11.8. The number of carboxylic acid groups (broad SMARTS) is 1. The highest BCUT2D eigenvalue weighted by molar-refractivity contribution is 8.14. The normalized spacial score (nSPS) is 19.8. The number of carbonyl (C=O) groups is 3. The summed E-state index contributed by atoms with van der Waals surface area (Å²) in [6.07, 6.45) is 0. The number of aromatic nitrogens is 1. The molecule has 2 atom stereocenters. The predicted molar refractivity (Wildman–Crippen MR) is 70.4 cm³/mol. The minimum Gasteiger partial charge on any atom is -0.476 e. The summed E-state index contributed by atoms with van der Waals surface area (Å²) < 4.78 is 0. The Morgan fingerprint density at radius 3 is 2.89 bits per heavy atom. The van der Waals surface area contributed by atoms with Crippen molar-refractivity contribution < 1.29 is 19.5 Å². The molecule has 0 saturated carbocycles. The van der Waals surface area contributed by atoms with Crippen LogP contribution in [0.2, 0.25) is 0 Å². The number of aromatic carboxylic acids is 1. The molecular formula is C10H11N3O4S2. The number of thiazole rings is 1. The molecule has 0 spiro atoms. The predicted octanol–water partition coefficient (Wildman–Crippen LogP) is 0.844. The van der Waals surface area contributed by atoms with Gasteiger partial charge in [0.25, 0.3) is 5.24 Å². The Labute approximate surface area is 116 Å². The Bertz CT molecular complexity index is 531. The third-order valence-corrected chi connectivity index (χ3v) is 4.37. The molecule has 19 heavy (non-hydrogen) atoms. The van der Waals surface area contributed by atoms with Gasteiger partial charge in [0.05, 0.1) is 6.04 Å². The molecule has 1 aliphatic rings. The minimum absolute atomic E-state index is 0.0363.